The highest BCUT2D eigenvalue weighted by Crippen LogP contribution is 2.17. The summed E-state index contributed by atoms with van der Waals surface area (Å²) in [5, 5.41) is 9.67. The molecule has 1 atom stereocenters. The SMILES string of the molecule is COC(=O)C(O)c1ccc(-n2ccnc2C)cc1. The second-order valence-electron chi connectivity index (χ2n) is 3.86. The third kappa shape index (κ3) is 2.26. The summed E-state index contributed by atoms with van der Waals surface area (Å²) < 4.78 is 6.39. The third-order valence-corrected chi connectivity index (χ3v) is 2.74. The van der Waals surface area contributed by atoms with Gasteiger partial charge in [-0.2, -0.15) is 0 Å². The quantitative estimate of drug-likeness (QED) is 0.831. The number of rotatable bonds is 3. The molecular weight excluding hydrogens is 232 g/mol. The molecule has 0 aliphatic rings. The van der Waals surface area contributed by atoms with Crippen molar-refractivity contribution >= 4 is 5.97 Å². The fourth-order valence-corrected chi connectivity index (χ4v) is 1.72. The Kier molecular flexibility index (Phi) is 3.43. The van der Waals surface area contributed by atoms with E-state index in [-0.39, 0.29) is 0 Å². The molecule has 0 aliphatic carbocycles. The normalized spacial score (nSPS) is 12.2. The van der Waals surface area contributed by atoms with Crippen molar-refractivity contribution in [2.45, 2.75) is 13.0 Å². The standard InChI is InChI=1S/C13H14N2O3/c1-9-14-7-8-15(9)11-5-3-10(4-6-11)12(16)13(17)18-2/h3-8,12,16H,1-2H3. The van der Waals surface area contributed by atoms with E-state index < -0.39 is 12.1 Å². The molecular formula is C13H14N2O3. The van der Waals surface area contributed by atoms with E-state index in [0.29, 0.717) is 5.56 Å². The lowest BCUT2D eigenvalue weighted by atomic mass is 10.1. The van der Waals surface area contributed by atoms with Gasteiger partial charge in [0.15, 0.2) is 6.10 Å². The molecule has 5 heteroatoms. The van der Waals surface area contributed by atoms with Crippen LogP contribution in [0.25, 0.3) is 5.69 Å². The Morgan fingerprint density at radius 3 is 2.56 bits per heavy atom. The summed E-state index contributed by atoms with van der Waals surface area (Å²) in [6.45, 7) is 1.90. The first-order valence-electron chi connectivity index (χ1n) is 5.49. The smallest absolute Gasteiger partial charge is 0.339 e. The average molecular weight is 246 g/mol. The molecule has 0 bridgehead atoms. The lowest BCUT2D eigenvalue weighted by molar-refractivity contribution is -0.150. The molecule has 0 amide bonds. The number of nitrogens with zero attached hydrogens (tertiary/aromatic N) is 2. The van der Waals surface area contributed by atoms with E-state index >= 15 is 0 Å². The topological polar surface area (TPSA) is 64.3 Å². The summed E-state index contributed by atoms with van der Waals surface area (Å²) in [6, 6.07) is 7.01. The van der Waals surface area contributed by atoms with Crippen LogP contribution in [0.5, 0.6) is 0 Å². The van der Waals surface area contributed by atoms with Crippen molar-refractivity contribution in [3.63, 3.8) is 0 Å². The Morgan fingerprint density at radius 1 is 1.39 bits per heavy atom. The summed E-state index contributed by atoms with van der Waals surface area (Å²) in [5.41, 5.74) is 1.43. The van der Waals surface area contributed by atoms with E-state index in [0.717, 1.165) is 11.5 Å². The largest absolute Gasteiger partial charge is 0.467 e. The number of hydrogen-bond donors (Lipinski definition) is 1. The molecule has 0 spiro atoms. The lowest BCUT2D eigenvalue weighted by Gasteiger charge is -2.10. The number of aromatic nitrogens is 2. The number of carbonyl (C=O) groups is 1. The number of ether oxygens (including phenoxy) is 1. The number of aryl methyl sites for hydroxylation is 1. The molecule has 1 heterocycles. The molecule has 0 aliphatic heterocycles. The zero-order valence-electron chi connectivity index (χ0n) is 10.2. The first-order chi connectivity index (χ1) is 8.63. The van der Waals surface area contributed by atoms with Crippen LogP contribution >= 0.6 is 0 Å². The van der Waals surface area contributed by atoms with Gasteiger partial charge in [-0.05, 0) is 24.6 Å². The highest BCUT2D eigenvalue weighted by Gasteiger charge is 2.17. The van der Waals surface area contributed by atoms with Crippen LogP contribution in [0.15, 0.2) is 36.7 Å². The molecule has 0 fully saturated rings. The van der Waals surface area contributed by atoms with Crippen LogP contribution in [-0.4, -0.2) is 27.7 Å². The van der Waals surface area contributed by atoms with Gasteiger partial charge in [-0.3, -0.25) is 0 Å². The van der Waals surface area contributed by atoms with Gasteiger partial charge < -0.3 is 14.4 Å². The Labute approximate surface area is 105 Å². The van der Waals surface area contributed by atoms with Gasteiger partial charge >= 0.3 is 5.97 Å². The maximum absolute atomic E-state index is 11.2. The van der Waals surface area contributed by atoms with Crippen LogP contribution in [-0.2, 0) is 9.53 Å². The minimum absolute atomic E-state index is 0.503. The van der Waals surface area contributed by atoms with Crippen molar-refractivity contribution < 1.29 is 14.6 Å². The second kappa shape index (κ2) is 5.01. The summed E-state index contributed by atoms with van der Waals surface area (Å²) in [7, 11) is 1.24. The van der Waals surface area contributed by atoms with E-state index in [1.807, 2.05) is 29.8 Å². The van der Waals surface area contributed by atoms with Crippen molar-refractivity contribution in [1.29, 1.82) is 0 Å². The maximum atomic E-state index is 11.2. The fraction of sp³-hybridized carbons (Fsp3) is 0.231. The number of aliphatic hydroxyl groups is 1. The van der Waals surface area contributed by atoms with Gasteiger partial charge in [-0.1, -0.05) is 12.1 Å². The lowest BCUT2D eigenvalue weighted by Crippen LogP contribution is -2.13. The highest BCUT2D eigenvalue weighted by atomic mass is 16.5. The Balaban J connectivity index is 2.26. The average Bonchev–Trinajstić information content (AvgIpc) is 2.83. The zero-order chi connectivity index (χ0) is 13.1. The van der Waals surface area contributed by atoms with Gasteiger partial charge in [0.05, 0.1) is 7.11 Å². The van der Waals surface area contributed by atoms with Crippen LogP contribution < -0.4 is 0 Å². The summed E-state index contributed by atoms with van der Waals surface area (Å²) in [6.07, 6.45) is 2.32. The molecule has 2 aromatic rings. The van der Waals surface area contributed by atoms with Crippen molar-refractivity contribution in [2.75, 3.05) is 7.11 Å². The monoisotopic (exact) mass is 246 g/mol. The summed E-state index contributed by atoms with van der Waals surface area (Å²) >= 11 is 0. The van der Waals surface area contributed by atoms with Crippen molar-refractivity contribution in [3.05, 3.63) is 48.0 Å². The number of carbonyl (C=O) groups excluding carboxylic acids is 1. The number of esters is 1. The van der Waals surface area contributed by atoms with Gasteiger partial charge in [-0.25, -0.2) is 9.78 Å². The summed E-state index contributed by atoms with van der Waals surface area (Å²) in [4.78, 5) is 15.3. The number of methoxy groups -OCH3 is 1. The van der Waals surface area contributed by atoms with E-state index in [9.17, 15) is 9.90 Å². The van der Waals surface area contributed by atoms with Gasteiger partial charge in [0.1, 0.15) is 5.82 Å². The van der Waals surface area contributed by atoms with E-state index in [1.165, 1.54) is 7.11 Å². The molecule has 5 nitrogen and oxygen atoms in total. The van der Waals surface area contributed by atoms with Crippen molar-refractivity contribution in [1.82, 2.24) is 9.55 Å². The van der Waals surface area contributed by atoms with Crippen LogP contribution in [0, 0.1) is 6.92 Å². The minimum atomic E-state index is -1.24. The molecule has 94 valence electrons. The Hall–Kier alpha value is -2.14. The van der Waals surface area contributed by atoms with Crippen molar-refractivity contribution in [3.8, 4) is 5.69 Å². The van der Waals surface area contributed by atoms with Gasteiger partial charge in [0, 0.05) is 18.1 Å². The fourth-order valence-electron chi connectivity index (χ4n) is 1.72. The van der Waals surface area contributed by atoms with Gasteiger partial charge in [0.25, 0.3) is 0 Å². The number of imidazole rings is 1. The Morgan fingerprint density at radius 2 is 2.06 bits per heavy atom. The molecule has 18 heavy (non-hydrogen) atoms. The molecule has 1 N–H and O–H groups in total. The minimum Gasteiger partial charge on any atom is -0.467 e. The van der Waals surface area contributed by atoms with Crippen LogP contribution in [0.2, 0.25) is 0 Å². The molecule has 1 unspecified atom stereocenters. The number of aliphatic hydroxyl groups excluding tert-OH is 1. The number of hydrogen-bond acceptors (Lipinski definition) is 4. The maximum Gasteiger partial charge on any atom is 0.339 e. The predicted molar refractivity (Wildman–Crippen MR) is 65.3 cm³/mol. The van der Waals surface area contributed by atoms with Gasteiger partial charge in [-0.15, -0.1) is 0 Å². The first kappa shape index (κ1) is 12.3. The molecule has 1 aromatic carbocycles. The Bertz CT molecular complexity index is 546. The van der Waals surface area contributed by atoms with Crippen LogP contribution in [0.4, 0.5) is 0 Å². The zero-order valence-corrected chi connectivity index (χ0v) is 10.2. The first-order valence-corrected chi connectivity index (χ1v) is 5.49. The van der Waals surface area contributed by atoms with Crippen molar-refractivity contribution in [2.24, 2.45) is 0 Å². The molecule has 1 aromatic heterocycles. The van der Waals surface area contributed by atoms with E-state index in [1.54, 1.807) is 18.3 Å². The third-order valence-electron chi connectivity index (χ3n) is 2.74. The number of benzene rings is 1. The predicted octanol–water partition coefficient (Wildman–Crippen LogP) is 1.39. The molecule has 2 rings (SSSR count). The molecule has 0 saturated heterocycles. The molecule has 0 radical (unpaired) electrons. The second-order valence-corrected chi connectivity index (χ2v) is 3.86. The van der Waals surface area contributed by atoms with Crippen LogP contribution in [0.1, 0.15) is 17.5 Å². The van der Waals surface area contributed by atoms with E-state index in [2.05, 4.69) is 9.72 Å². The molecule has 0 saturated carbocycles. The highest BCUT2D eigenvalue weighted by molar-refractivity contribution is 5.76. The summed E-state index contributed by atoms with van der Waals surface area (Å²) in [5.74, 6) is 0.206. The van der Waals surface area contributed by atoms with Gasteiger partial charge in [0.2, 0.25) is 0 Å². The van der Waals surface area contributed by atoms with E-state index in [4.69, 9.17) is 0 Å². The van der Waals surface area contributed by atoms with Crippen LogP contribution in [0.3, 0.4) is 0 Å².